The van der Waals surface area contributed by atoms with Crippen LogP contribution in [0.1, 0.15) is 31.2 Å². The molecule has 0 saturated heterocycles. The van der Waals surface area contributed by atoms with Gasteiger partial charge in [0.25, 0.3) is 0 Å². The highest BCUT2D eigenvalue weighted by atomic mass is 35.5. The van der Waals surface area contributed by atoms with Crippen LogP contribution in [0.15, 0.2) is 18.2 Å². The van der Waals surface area contributed by atoms with Crippen LogP contribution in [-0.4, -0.2) is 18.8 Å². The summed E-state index contributed by atoms with van der Waals surface area (Å²) >= 11 is 5.76. The van der Waals surface area contributed by atoms with E-state index in [2.05, 4.69) is 5.43 Å². The minimum atomic E-state index is -0.294. The van der Waals surface area contributed by atoms with Gasteiger partial charge in [-0.15, -0.1) is 0 Å². The fraction of sp³-hybridized carbons (Fsp3) is 0.571. The van der Waals surface area contributed by atoms with E-state index in [4.69, 9.17) is 22.2 Å². The summed E-state index contributed by atoms with van der Waals surface area (Å²) in [5.74, 6) is 5.37. The Morgan fingerprint density at radius 2 is 2.16 bits per heavy atom. The van der Waals surface area contributed by atoms with E-state index in [1.807, 2.05) is 0 Å². The molecule has 19 heavy (non-hydrogen) atoms. The van der Waals surface area contributed by atoms with Crippen molar-refractivity contribution in [1.82, 2.24) is 5.43 Å². The number of methoxy groups -OCH3 is 1. The van der Waals surface area contributed by atoms with Gasteiger partial charge in [-0.3, -0.25) is 11.3 Å². The predicted molar refractivity (Wildman–Crippen MR) is 74.4 cm³/mol. The Hall–Kier alpha value is -0.680. The second-order valence-electron chi connectivity index (χ2n) is 5.14. The number of nitrogens with two attached hydrogens (primary N) is 1. The maximum atomic E-state index is 13.9. The van der Waals surface area contributed by atoms with Crippen LogP contribution < -0.4 is 11.3 Å². The summed E-state index contributed by atoms with van der Waals surface area (Å²) in [4.78, 5) is 0. The van der Waals surface area contributed by atoms with Crippen molar-refractivity contribution in [3.05, 3.63) is 34.6 Å². The van der Waals surface area contributed by atoms with Crippen molar-refractivity contribution in [2.45, 2.75) is 43.7 Å². The number of hydrazine groups is 1. The molecule has 1 aromatic rings. The third kappa shape index (κ3) is 3.08. The molecule has 106 valence electrons. The molecule has 1 fully saturated rings. The van der Waals surface area contributed by atoms with Gasteiger partial charge in [0, 0.05) is 12.1 Å². The molecule has 0 spiro atoms. The Morgan fingerprint density at radius 3 is 2.68 bits per heavy atom. The molecule has 0 bridgehead atoms. The van der Waals surface area contributed by atoms with Crippen molar-refractivity contribution in [3.8, 4) is 0 Å². The second-order valence-corrected chi connectivity index (χ2v) is 5.57. The molecule has 0 amide bonds. The highest BCUT2D eigenvalue weighted by molar-refractivity contribution is 6.30. The quantitative estimate of drug-likeness (QED) is 0.646. The first-order chi connectivity index (χ1) is 9.11. The fourth-order valence-electron chi connectivity index (χ4n) is 2.97. The lowest BCUT2D eigenvalue weighted by Crippen LogP contribution is -2.54. The summed E-state index contributed by atoms with van der Waals surface area (Å²) in [6.07, 6.45) is 4.64. The molecular formula is C14H20ClFN2O. The summed E-state index contributed by atoms with van der Waals surface area (Å²) in [5, 5.41) is 0.404. The standard InChI is InChI=1S/C14H20ClFN2O/c1-19-14(6-2-3-7-14)13(18-17)8-10-4-5-11(15)9-12(10)16/h4-5,9,13,18H,2-3,6-8,17H2,1H3. The third-order valence-corrected chi connectivity index (χ3v) is 4.37. The zero-order chi connectivity index (χ0) is 13.9. The van der Waals surface area contributed by atoms with Gasteiger partial charge in [0.2, 0.25) is 0 Å². The Labute approximate surface area is 118 Å². The van der Waals surface area contributed by atoms with Crippen LogP contribution in [-0.2, 0) is 11.2 Å². The lowest BCUT2D eigenvalue weighted by Gasteiger charge is -2.36. The van der Waals surface area contributed by atoms with Crippen LogP contribution in [0, 0.1) is 5.82 Å². The highest BCUT2D eigenvalue weighted by Crippen LogP contribution is 2.36. The molecule has 0 heterocycles. The van der Waals surface area contributed by atoms with Gasteiger partial charge >= 0.3 is 0 Å². The van der Waals surface area contributed by atoms with E-state index in [0.717, 1.165) is 25.7 Å². The summed E-state index contributed by atoms with van der Waals surface area (Å²) in [6, 6.07) is 4.64. The molecule has 1 aromatic carbocycles. The number of nitrogens with one attached hydrogen (secondary N) is 1. The molecule has 1 aliphatic rings. The van der Waals surface area contributed by atoms with Crippen LogP contribution in [0.2, 0.25) is 5.02 Å². The molecule has 0 aromatic heterocycles. The second kappa shape index (κ2) is 6.18. The molecule has 1 aliphatic carbocycles. The first-order valence-electron chi connectivity index (χ1n) is 6.56. The van der Waals surface area contributed by atoms with Gasteiger partial charge in [-0.2, -0.15) is 0 Å². The average molecular weight is 287 g/mol. The lowest BCUT2D eigenvalue weighted by molar-refractivity contribution is -0.0357. The minimum absolute atomic E-state index is 0.101. The number of halogens is 2. The van der Waals surface area contributed by atoms with Gasteiger partial charge in [0.1, 0.15) is 5.82 Å². The van der Waals surface area contributed by atoms with Gasteiger partial charge in [-0.1, -0.05) is 30.5 Å². The SMILES string of the molecule is COC1(C(Cc2ccc(Cl)cc2F)NN)CCCC1. The fourth-order valence-corrected chi connectivity index (χ4v) is 3.13. The predicted octanol–water partition coefficient (Wildman–Crippen LogP) is 2.81. The van der Waals surface area contributed by atoms with E-state index >= 15 is 0 Å². The van der Waals surface area contributed by atoms with Crippen molar-refractivity contribution in [2.24, 2.45) is 5.84 Å². The van der Waals surface area contributed by atoms with E-state index in [1.165, 1.54) is 6.07 Å². The van der Waals surface area contributed by atoms with Crippen LogP contribution in [0.4, 0.5) is 4.39 Å². The van der Waals surface area contributed by atoms with Gasteiger partial charge in [-0.25, -0.2) is 4.39 Å². The molecule has 5 heteroatoms. The third-order valence-electron chi connectivity index (χ3n) is 4.13. The van der Waals surface area contributed by atoms with Gasteiger partial charge in [0.15, 0.2) is 0 Å². The largest absolute Gasteiger partial charge is 0.377 e. The zero-order valence-corrected chi connectivity index (χ0v) is 11.8. The monoisotopic (exact) mass is 286 g/mol. The lowest BCUT2D eigenvalue weighted by atomic mass is 9.87. The first kappa shape index (κ1) is 14.7. The van der Waals surface area contributed by atoms with Gasteiger partial charge in [0.05, 0.1) is 11.6 Å². The average Bonchev–Trinajstić information content (AvgIpc) is 2.88. The number of rotatable bonds is 5. The number of hydrogen-bond acceptors (Lipinski definition) is 3. The van der Waals surface area contributed by atoms with Crippen molar-refractivity contribution >= 4 is 11.6 Å². The number of hydrogen-bond donors (Lipinski definition) is 2. The van der Waals surface area contributed by atoms with Gasteiger partial charge in [-0.05, 0) is 37.0 Å². The summed E-state index contributed by atoms with van der Waals surface area (Å²) in [5.41, 5.74) is 3.12. The molecule has 3 nitrogen and oxygen atoms in total. The maximum absolute atomic E-state index is 13.9. The summed E-state index contributed by atoms with van der Waals surface area (Å²) < 4.78 is 19.6. The van der Waals surface area contributed by atoms with E-state index in [9.17, 15) is 4.39 Å². The summed E-state index contributed by atoms with van der Waals surface area (Å²) in [6.45, 7) is 0. The topological polar surface area (TPSA) is 47.3 Å². The van der Waals surface area contributed by atoms with Crippen molar-refractivity contribution in [3.63, 3.8) is 0 Å². The smallest absolute Gasteiger partial charge is 0.127 e. The molecule has 1 atom stereocenters. The van der Waals surface area contributed by atoms with Crippen LogP contribution >= 0.6 is 11.6 Å². The van der Waals surface area contributed by atoms with E-state index < -0.39 is 0 Å². The van der Waals surface area contributed by atoms with Crippen molar-refractivity contribution in [1.29, 1.82) is 0 Å². The van der Waals surface area contributed by atoms with E-state index in [-0.39, 0.29) is 17.5 Å². The van der Waals surface area contributed by atoms with Crippen LogP contribution in [0.5, 0.6) is 0 Å². The first-order valence-corrected chi connectivity index (χ1v) is 6.94. The number of benzene rings is 1. The van der Waals surface area contributed by atoms with Crippen LogP contribution in [0.25, 0.3) is 0 Å². The summed E-state index contributed by atoms with van der Waals surface area (Å²) in [7, 11) is 1.70. The molecule has 0 radical (unpaired) electrons. The number of ether oxygens (including phenoxy) is 1. The van der Waals surface area contributed by atoms with Crippen LogP contribution in [0.3, 0.4) is 0 Å². The molecule has 2 rings (SSSR count). The molecule has 3 N–H and O–H groups in total. The zero-order valence-electron chi connectivity index (χ0n) is 11.1. The Balaban J connectivity index is 2.18. The minimum Gasteiger partial charge on any atom is -0.377 e. The molecular weight excluding hydrogens is 267 g/mol. The van der Waals surface area contributed by atoms with Gasteiger partial charge < -0.3 is 4.74 Å². The Bertz CT molecular complexity index is 435. The molecule has 0 aliphatic heterocycles. The van der Waals surface area contributed by atoms with Crippen molar-refractivity contribution < 1.29 is 9.13 Å². The Morgan fingerprint density at radius 1 is 1.47 bits per heavy atom. The maximum Gasteiger partial charge on any atom is 0.127 e. The Kier molecular flexibility index (Phi) is 4.79. The molecule has 1 saturated carbocycles. The van der Waals surface area contributed by atoms with Crippen molar-refractivity contribution in [2.75, 3.05) is 7.11 Å². The van der Waals surface area contributed by atoms with E-state index in [1.54, 1.807) is 19.2 Å². The highest BCUT2D eigenvalue weighted by Gasteiger charge is 2.41. The molecule has 1 unspecified atom stereocenters. The van der Waals surface area contributed by atoms with E-state index in [0.29, 0.717) is 17.0 Å². The normalized spacial score (nSPS) is 19.6.